The Morgan fingerprint density at radius 1 is 1.14 bits per heavy atom. The summed E-state index contributed by atoms with van der Waals surface area (Å²) in [7, 11) is 0. The third-order valence-corrected chi connectivity index (χ3v) is 3.50. The van der Waals surface area contributed by atoms with Gasteiger partial charge < -0.3 is 10.2 Å². The summed E-state index contributed by atoms with van der Waals surface area (Å²) < 4.78 is 1.04. The molecule has 0 aliphatic carbocycles. The monoisotopic (exact) mass is 348 g/mol. The van der Waals surface area contributed by atoms with E-state index in [1.807, 2.05) is 30.3 Å². The number of benzene rings is 1. The fourth-order valence-electron chi connectivity index (χ4n) is 2.14. The minimum absolute atomic E-state index is 0.790. The molecule has 0 saturated carbocycles. The molecule has 2 rings (SSSR count). The van der Waals surface area contributed by atoms with E-state index < -0.39 is 0 Å². The zero-order chi connectivity index (χ0) is 15.1. The normalized spacial score (nSPS) is 10.4. The fraction of sp³-hybridized carbons (Fsp3) is 0.375. The average Bonchev–Trinajstić information content (AvgIpc) is 2.47. The van der Waals surface area contributed by atoms with Gasteiger partial charge in [-0.1, -0.05) is 35.8 Å². The number of hydrogen-bond donors (Lipinski definition) is 1. The Morgan fingerprint density at radius 3 is 2.57 bits per heavy atom. The summed E-state index contributed by atoms with van der Waals surface area (Å²) in [4.78, 5) is 11.3. The number of aromatic nitrogens is 2. The molecule has 1 N–H and O–H groups in total. The van der Waals surface area contributed by atoms with Gasteiger partial charge in [-0.3, -0.25) is 0 Å². The van der Waals surface area contributed by atoms with Crippen LogP contribution in [0.2, 0.25) is 0 Å². The number of rotatable bonds is 7. The predicted molar refractivity (Wildman–Crippen MR) is 92.3 cm³/mol. The second kappa shape index (κ2) is 7.98. The Balaban J connectivity index is 2.16. The van der Waals surface area contributed by atoms with Crippen molar-refractivity contribution in [2.24, 2.45) is 0 Å². The largest absolute Gasteiger partial charge is 0.341 e. The van der Waals surface area contributed by atoms with Crippen LogP contribution in [0, 0.1) is 0 Å². The molecule has 4 nitrogen and oxygen atoms in total. The molecule has 0 spiro atoms. The fourth-order valence-corrected chi connectivity index (χ4v) is 2.54. The summed E-state index contributed by atoms with van der Waals surface area (Å²) in [6.07, 6.45) is 3.99. The number of nitrogens with one attached hydrogen (secondary N) is 1. The number of nitrogens with zero attached hydrogens (tertiary/aromatic N) is 3. The Hall–Kier alpha value is -1.62. The topological polar surface area (TPSA) is 41.1 Å². The Kier molecular flexibility index (Phi) is 5.99. The van der Waals surface area contributed by atoms with Gasteiger partial charge in [-0.05, 0) is 37.1 Å². The zero-order valence-electron chi connectivity index (χ0n) is 12.5. The molecule has 0 aliphatic rings. The van der Waals surface area contributed by atoms with Crippen molar-refractivity contribution in [3.05, 3.63) is 41.0 Å². The van der Waals surface area contributed by atoms with Crippen LogP contribution in [-0.2, 0) is 0 Å². The highest BCUT2D eigenvalue weighted by atomic mass is 79.9. The molecule has 1 aromatic heterocycles. The van der Waals surface area contributed by atoms with E-state index in [0.29, 0.717) is 0 Å². The molecule has 112 valence electrons. The quantitative estimate of drug-likeness (QED) is 0.793. The highest BCUT2D eigenvalue weighted by Crippen LogP contribution is 2.20. The predicted octanol–water partition coefficient (Wildman–Crippen LogP) is 4.61. The first-order chi connectivity index (χ1) is 10.2. The summed E-state index contributed by atoms with van der Waals surface area (Å²) in [5, 5.41) is 3.32. The van der Waals surface area contributed by atoms with Gasteiger partial charge in [0.05, 0.1) is 0 Å². The lowest BCUT2D eigenvalue weighted by Crippen LogP contribution is -2.26. The first-order valence-electron chi connectivity index (χ1n) is 7.33. The number of anilines is 3. The SMILES string of the molecule is CCCN(CCC)c1nccc(Nc2cccc(Br)c2)n1. The van der Waals surface area contributed by atoms with Crippen LogP contribution in [0.4, 0.5) is 17.5 Å². The molecule has 0 fully saturated rings. The van der Waals surface area contributed by atoms with E-state index in [4.69, 9.17) is 0 Å². The third-order valence-electron chi connectivity index (χ3n) is 3.01. The number of halogens is 1. The highest BCUT2D eigenvalue weighted by molar-refractivity contribution is 9.10. The van der Waals surface area contributed by atoms with Crippen molar-refractivity contribution in [3.8, 4) is 0 Å². The van der Waals surface area contributed by atoms with Crippen LogP contribution in [0.15, 0.2) is 41.0 Å². The van der Waals surface area contributed by atoms with Gasteiger partial charge in [0.25, 0.3) is 0 Å². The second-order valence-corrected chi connectivity index (χ2v) is 5.78. The van der Waals surface area contributed by atoms with Crippen LogP contribution in [0.25, 0.3) is 0 Å². The van der Waals surface area contributed by atoms with Gasteiger partial charge in [-0.2, -0.15) is 4.98 Å². The average molecular weight is 349 g/mol. The minimum atomic E-state index is 0.790. The number of hydrogen-bond acceptors (Lipinski definition) is 4. The molecule has 21 heavy (non-hydrogen) atoms. The van der Waals surface area contributed by atoms with E-state index in [9.17, 15) is 0 Å². The molecular formula is C16H21BrN4. The first-order valence-corrected chi connectivity index (χ1v) is 8.12. The van der Waals surface area contributed by atoms with Crippen molar-refractivity contribution in [1.29, 1.82) is 0 Å². The third kappa shape index (κ3) is 4.70. The molecule has 5 heteroatoms. The van der Waals surface area contributed by atoms with E-state index in [1.165, 1.54) is 0 Å². The lowest BCUT2D eigenvalue weighted by atomic mass is 10.3. The molecule has 0 amide bonds. The molecular weight excluding hydrogens is 328 g/mol. The van der Waals surface area contributed by atoms with Gasteiger partial charge in [0.1, 0.15) is 5.82 Å². The van der Waals surface area contributed by atoms with E-state index in [0.717, 1.165) is 47.9 Å². The van der Waals surface area contributed by atoms with Crippen molar-refractivity contribution in [3.63, 3.8) is 0 Å². The molecule has 0 saturated heterocycles. The van der Waals surface area contributed by atoms with Gasteiger partial charge in [0.15, 0.2) is 0 Å². The molecule has 1 heterocycles. The maximum atomic E-state index is 4.62. The molecule has 0 radical (unpaired) electrons. The summed E-state index contributed by atoms with van der Waals surface area (Å²) in [5.74, 6) is 1.61. The van der Waals surface area contributed by atoms with Crippen LogP contribution in [-0.4, -0.2) is 23.1 Å². The minimum Gasteiger partial charge on any atom is -0.341 e. The highest BCUT2D eigenvalue weighted by Gasteiger charge is 2.08. The van der Waals surface area contributed by atoms with Gasteiger partial charge in [-0.25, -0.2) is 4.98 Å². The Morgan fingerprint density at radius 2 is 1.90 bits per heavy atom. The van der Waals surface area contributed by atoms with Gasteiger partial charge >= 0.3 is 0 Å². The van der Waals surface area contributed by atoms with Crippen molar-refractivity contribution >= 4 is 33.4 Å². The maximum absolute atomic E-state index is 4.62. The molecule has 0 aliphatic heterocycles. The van der Waals surface area contributed by atoms with Gasteiger partial charge in [0.2, 0.25) is 5.95 Å². The van der Waals surface area contributed by atoms with Crippen molar-refractivity contribution in [2.75, 3.05) is 23.3 Å². The zero-order valence-corrected chi connectivity index (χ0v) is 14.1. The first kappa shape index (κ1) is 15.8. The molecule has 0 unspecified atom stereocenters. The molecule has 2 aromatic rings. The van der Waals surface area contributed by atoms with Crippen LogP contribution in [0.5, 0.6) is 0 Å². The summed E-state index contributed by atoms with van der Waals surface area (Å²) in [6, 6.07) is 9.93. The van der Waals surface area contributed by atoms with Crippen LogP contribution in [0.3, 0.4) is 0 Å². The lowest BCUT2D eigenvalue weighted by Gasteiger charge is -2.21. The van der Waals surface area contributed by atoms with Crippen molar-refractivity contribution in [1.82, 2.24) is 9.97 Å². The Labute approximate surface area is 134 Å². The van der Waals surface area contributed by atoms with E-state index in [2.05, 4.69) is 50.0 Å². The smallest absolute Gasteiger partial charge is 0.227 e. The van der Waals surface area contributed by atoms with Crippen LogP contribution < -0.4 is 10.2 Å². The molecule has 1 aromatic carbocycles. The van der Waals surface area contributed by atoms with Gasteiger partial charge in [0, 0.05) is 29.4 Å². The van der Waals surface area contributed by atoms with Crippen molar-refractivity contribution < 1.29 is 0 Å². The van der Waals surface area contributed by atoms with Gasteiger partial charge in [-0.15, -0.1) is 0 Å². The van der Waals surface area contributed by atoms with Crippen molar-refractivity contribution in [2.45, 2.75) is 26.7 Å². The maximum Gasteiger partial charge on any atom is 0.227 e. The Bertz CT molecular complexity index is 568. The summed E-state index contributed by atoms with van der Waals surface area (Å²) >= 11 is 3.47. The van der Waals surface area contributed by atoms with E-state index in [-0.39, 0.29) is 0 Å². The molecule has 0 atom stereocenters. The lowest BCUT2D eigenvalue weighted by molar-refractivity contribution is 0.722. The van der Waals surface area contributed by atoms with E-state index >= 15 is 0 Å². The van der Waals surface area contributed by atoms with Crippen LogP contribution in [0.1, 0.15) is 26.7 Å². The standard InChI is InChI=1S/C16H21BrN4/c1-3-10-21(11-4-2)16-18-9-8-15(20-16)19-14-7-5-6-13(17)12-14/h5-9,12H,3-4,10-11H2,1-2H3,(H,18,19,20). The summed E-state index contributed by atoms with van der Waals surface area (Å²) in [5.41, 5.74) is 1.01. The molecule has 0 bridgehead atoms. The van der Waals surface area contributed by atoms with Crippen LogP contribution >= 0.6 is 15.9 Å². The summed E-state index contributed by atoms with van der Waals surface area (Å²) in [6.45, 7) is 6.31. The van der Waals surface area contributed by atoms with E-state index in [1.54, 1.807) is 6.20 Å². The second-order valence-electron chi connectivity index (χ2n) is 4.86.